The van der Waals surface area contributed by atoms with E-state index in [-0.39, 0.29) is 34.2 Å². The van der Waals surface area contributed by atoms with Gasteiger partial charge in [-0.3, -0.25) is 14.4 Å². The summed E-state index contributed by atoms with van der Waals surface area (Å²) in [7, 11) is 0. The summed E-state index contributed by atoms with van der Waals surface area (Å²) < 4.78 is 5.40. The van der Waals surface area contributed by atoms with Crippen molar-refractivity contribution in [1.82, 2.24) is 0 Å². The first-order valence-electron chi connectivity index (χ1n) is 13.6. The predicted molar refractivity (Wildman–Crippen MR) is 155 cm³/mol. The number of nitrogens with one attached hydrogen (secondary N) is 1. The number of amides is 1. The molecule has 0 saturated heterocycles. The molecule has 0 spiro atoms. The fraction of sp³-hybridized carbons (Fsp3) is 0.655. The van der Waals surface area contributed by atoms with Crippen molar-refractivity contribution in [1.29, 1.82) is 0 Å². The first-order chi connectivity index (χ1) is 18.0. The zero-order valence-corrected chi connectivity index (χ0v) is 24.8. The maximum atomic E-state index is 13.0. The Morgan fingerprint density at radius 3 is 2.11 bits per heavy atom. The van der Waals surface area contributed by atoms with Crippen LogP contribution in [0.15, 0.2) is 18.2 Å². The average Bonchev–Trinajstić information content (AvgIpc) is 2.85. The molecule has 1 rings (SSSR count). The van der Waals surface area contributed by atoms with E-state index in [0.717, 1.165) is 31.0 Å². The van der Waals surface area contributed by atoms with Crippen molar-refractivity contribution in [2.24, 2.45) is 5.41 Å². The number of esters is 1. The van der Waals surface area contributed by atoms with Gasteiger partial charge in [-0.1, -0.05) is 97.1 Å². The summed E-state index contributed by atoms with van der Waals surface area (Å²) in [5.74, 6) is -2.35. The number of aliphatic carboxylic acids is 1. The fourth-order valence-corrected chi connectivity index (χ4v) is 5.12. The summed E-state index contributed by atoms with van der Waals surface area (Å²) in [5.41, 5.74) is -0.368. The second kappa shape index (κ2) is 18.3. The van der Waals surface area contributed by atoms with Crippen LogP contribution < -0.4 is 5.32 Å². The van der Waals surface area contributed by atoms with Crippen LogP contribution >= 0.6 is 23.4 Å². The van der Waals surface area contributed by atoms with Crippen molar-refractivity contribution in [2.75, 3.05) is 17.7 Å². The number of halogens is 1. The van der Waals surface area contributed by atoms with Gasteiger partial charge >= 0.3 is 11.9 Å². The monoisotopic (exact) mass is 569 g/mol. The maximum Gasteiger partial charge on any atom is 0.338 e. The second-order valence-corrected chi connectivity index (χ2v) is 12.1. The molecule has 7 nitrogen and oxygen atoms in total. The van der Waals surface area contributed by atoms with E-state index in [1.807, 2.05) is 0 Å². The molecule has 1 aromatic carbocycles. The lowest BCUT2D eigenvalue weighted by molar-refractivity contribution is -0.136. The molecule has 1 atom stereocenters. The number of carbonyl (C=O) groups is 4. The Bertz CT molecular complexity index is 915. The smallest absolute Gasteiger partial charge is 0.338 e. The SMILES string of the molecule is CCCCCCCCCCCCOC(=O)c1ccc(Cl)c(NC(=O)C(SCCC(=O)O)C(=O)C(C)(C)C)c1. The third kappa shape index (κ3) is 13.7. The molecule has 9 heteroatoms. The number of Topliss-reactive ketones (excluding diaryl/α,β-unsaturated/α-hetero) is 1. The highest BCUT2D eigenvalue weighted by atomic mass is 35.5. The van der Waals surface area contributed by atoms with E-state index in [9.17, 15) is 19.2 Å². The number of hydrogen-bond donors (Lipinski definition) is 2. The molecule has 0 saturated carbocycles. The maximum absolute atomic E-state index is 13.0. The van der Waals surface area contributed by atoms with Gasteiger partial charge in [-0.25, -0.2) is 4.79 Å². The number of ether oxygens (including phenoxy) is 1. The third-order valence-corrected chi connectivity index (χ3v) is 7.54. The Morgan fingerprint density at radius 2 is 1.55 bits per heavy atom. The van der Waals surface area contributed by atoms with Crippen LogP contribution in [0.2, 0.25) is 5.02 Å². The number of carbonyl (C=O) groups excluding carboxylic acids is 3. The van der Waals surface area contributed by atoms with Crippen LogP contribution in [0.25, 0.3) is 0 Å². The lowest BCUT2D eigenvalue weighted by Gasteiger charge is -2.24. The zero-order valence-electron chi connectivity index (χ0n) is 23.3. The predicted octanol–water partition coefficient (Wildman–Crippen LogP) is 7.55. The number of ketones is 1. The zero-order chi connectivity index (χ0) is 28.6. The fourth-order valence-electron chi connectivity index (χ4n) is 3.71. The van der Waals surface area contributed by atoms with E-state index < -0.39 is 28.5 Å². The topological polar surface area (TPSA) is 110 Å². The van der Waals surface area contributed by atoms with E-state index in [0.29, 0.717) is 6.61 Å². The third-order valence-electron chi connectivity index (χ3n) is 6.01. The van der Waals surface area contributed by atoms with Gasteiger partial charge in [0.25, 0.3) is 0 Å². The molecule has 0 aliphatic carbocycles. The van der Waals surface area contributed by atoms with Crippen LogP contribution in [0.5, 0.6) is 0 Å². The number of carboxylic acid groups (broad SMARTS) is 1. The summed E-state index contributed by atoms with van der Waals surface area (Å²) in [6, 6.07) is 4.45. The Kier molecular flexibility index (Phi) is 16.3. The molecular formula is C29H44ClNO6S. The van der Waals surface area contributed by atoms with Gasteiger partial charge in [0.15, 0.2) is 5.78 Å². The minimum Gasteiger partial charge on any atom is -0.481 e. The Morgan fingerprint density at radius 1 is 0.974 bits per heavy atom. The molecule has 214 valence electrons. The van der Waals surface area contributed by atoms with Crippen molar-refractivity contribution in [2.45, 2.75) is 104 Å². The lowest BCUT2D eigenvalue weighted by atomic mass is 9.88. The largest absolute Gasteiger partial charge is 0.481 e. The summed E-state index contributed by atoms with van der Waals surface area (Å²) in [5, 5.41) is 10.7. The van der Waals surface area contributed by atoms with Gasteiger partial charge in [-0.2, -0.15) is 0 Å². The number of rotatable bonds is 19. The van der Waals surface area contributed by atoms with Gasteiger partial charge in [0.1, 0.15) is 5.25 Å². The molecule has 38 heavy (non-hydrogen) atoms. The van der Waals surface area contributed by atoms with Crippen LogP contribution in [0, 0.1) is 5.41 Å². The van der Waals surface area contributed by atoms with Crippen molar-refractivity contribution < 1.29 is 29.0 Å². The highest BCUT2D eigenvalue weighted by Crippen LogP contribution is 2.28. The van der Waals surface area contributed by atoms with E-state index >= 15 is 0 Å². The molecule has 2 N–H and O–H groups in total. The van der Waals surface area contributed by atoms with Gasteiger partial charge in [0.2, 0.25) is 5.91 Å². The minimum atomic E-state index is -1.11. The molecule has 0 aliphatic heterocycles. The van der Waals surface area contributed by atoms with Gasteiger partial charge in [0, 0.05) is 11.2 Å². The van der Waals surface area contributed by atoms with Gasteiger partial charge in [-0.15, -0.1) is 11.8 Å². The Balaban J connectivity index is 2.61. The van der Waals surface area contributed by atoms with Gasteiger partial charge < -0.3 is 15.2 Å². The molecule has 1 amide bonds. The first-order valence-corrected chi connectivity index (χ1v) is 15.0. The van der Waals surface area contributed by atoms with Crippen LogP contribution in [-0.4, -0.2) is 46.3 Å². The number of hydrogen-bond acceptors (Lipinski definition) is 6. The number of benzene rings is 1. The highest BCUT2D eigenvalue weighted by molar-refractivity contribution is 8.01. The van der Waals surface area contributed by atoms with Crippen LogP contribution in [0.4, 0.5) is 5.69 Å². The number of anilines is 1. The van der Waals surface area contributed by atoms with E-state index in [4.69, 9.17) is 21.4 Å². The van der Waals surface area contributed by atoms with Crippen molar-refractivity contribution in [3.8, 4) is 0 Å². The summed E-state index contributed by atoms with van der Waals surface area (Å²) in [4.78, 5) is 49.3. The van der Waals surface area contributed by atoms with Crippen LogP contribution in [0.1, 0.15) is 109 Å². The van der Waals surface area contributed by atoms with Gasteiger partial charge in [0.05, 0.1) is 29.3 Å². The van der Waals surface area contributed by atoms with Crippen molar-refractivity contribution in [3.05, 3.63) is 28.8 Å². The average molecular weight is 570 g/mol. The highest BCUT2D eigenvalue weighted by Gasteiger charge is 2.35. The summed E-state index contributed by atoms with van der Waals surface area (Å²) in [6.07, 6.45) is 11.7. The standard InChI is InChI=1S/C29H44ClNO6S/c1-5-6-7-8-9-10-11-12-13-14-18-37-28(36)21-15-16-22(30)23(20-21)31-27(35)25(26(34)29(2,3)4)38-19-17-24(32)33/h15-16,20,25H,5-14,17-19H2,1-4H3,(H,31,35)(H,32,33). The van der Waals surface area contributed by atoms with E-state index in [2.05, 4.69) is 12.2 Å². The lowest BCUT2D eigenvalue weighted by Crippen LogP contribution is -2.39. The molecule has 0 aliphatic rings. The Labute approximate surface area is 236 Å². The van der Waals surface area contributed by atoms with Crippen molar-refractivity contribution >= 4 is 52.7 Å². The molecular weight excluding hydrogens is 526 g/mol. The normalized spacial score (nSPS) is 12.1. The molecule has 0 radical (unpaired) electrons. The second-order valence-electron chi connectivity index (χ2n) is 10.5. The van der Waals surface area contributed by atoms with Crippen molar-refractivity contribution in [3.63, 3.8) is 0 Å². The molecule has 0 heterocycles. The molecule has 0 bridgehead atoms. The first kappa shape index (κ1) is 34.0. The summed E-state index contributed by atoms with van der Waals surface area (Å²) in [6.45, 7) is 7.64. The van der Waals surface area contributed by atoms with Crippen LogP contribution in [-0.2, 0) is 19.1 Å². The summed E-state index contributed by atoms with van der Waals surface area (Å²) >= 11 is 7.23. The van der Waals surface area contributed by atoms with Gasteiger partial charge in [-0.05, 0) is 24.6 Å². The number of carboxylic acids is 1. The molecule has 1 unspecified atom stereocenters. The molecule has 1 aromatic rings. The molecule has 0 aromatic heterocycles. The number of thioether (sulfide) groups is 1. The molecule has 0 fully saturated rings. The van der Waals surface area contributed by atoms with Crippen LogP contribution in [0.3, 0.4) is 0 Å². The minimum absolute atomic E-state index is 0.105. The van der Waals surface area contributed by atoms with E-state index in [1.165, 1.54) is 63.1 Å². The number of unbranched alkanes of at least 4 members (excludes halogenated alkanes) is 9. The quantitative estimate of drug-likeness (QED) is 0.100. The Hall–Kier alpha value is -2.06. The van der Waals surface area contributed by atoms with E-state index in [1.54, 1.807) is 20.8 Å².